The van der Waals surface area contributed by atoms with Crippen molar-refractivity contribution in [2.24, 2.45) is 7.05 Å². The van der Waals surface area contributed by atoms with Gasteiger partial charge in [0.15, 0.2) is 0 Å². The van der Waals surface area contributed by atoms with E-state index in [1.54, 1.807) is 12.0 Å². The Morgan fingerprint density at radius 3 is 2.27 bits per heavy atom. The molecule has 2 amide bonds. The molecule has 0 aliphatic rings. The van der Waals surface area contributed by atoms with Gasteiger partial charge in [-0.2, -0.15) is 0 Å². The van der Waals surface area contributed by atoms with Crippen LogP contribution in [0.1, 0.15) is 63.1 Å². The van der Waals surface area contributed by atoms with Gasteiger partial charge in [0.25, 0.3) is 0 Å². The highest BCUT2D eigenvalue weighted by Crippen LogP contribution is 2.13. The standard InChI is InChI=1S/C27H41N3O3/c1-4-5-6-7-8-12-17-26(31)29(19-20-33-3)23-27(32)30(21-24-14-10-9-11-15-24)22-25-16-13-18-28(25)2/h9-11,13-16,18H,4-8,12,17,19-23H2,1-3H3. The molecule has 1 aromatic heterocycles. The van der Waals surface area contributed by atoms with E-state index < -0.39 is 0 Å². The van der Waals surface area contributed by atoms with Gasteiger partial charge in [0.05, 0.1) is 19.7 Å². The van der Waals surface area contributed by atoms with Crippen LogP contribution in [0.15, 0.2) is 48.7 Å². The van der Waals surface area contributed by atoms with Gasteiger partial charge in [0.2, 0.25) is 11.8 Å². The lowest BCUT2D eigenvalue weighted by molar-refractivity contribution is -0.141. The van der Waals surface area contributed by atoms with E-state index in [0.717, 1.165) is 24.1 Å². The Balaban J connectivity index is 2.02. The van der Waals surface area contributed by atoms with Gasteiger partial charge in [0, 0.05) is 45.6 Å². The summed E-state index contributed by atoms with van der Waals surface area (Å²) in [6.45, 7) is 4.14. The lowest BCUT2D eigenvalue weighted by atomic mass is 10.1. The number of carbonyl (C=O) groups excluding carboxylic acids is 2. The summed E-state index contributed by atoms with van der Waals surface area (Å²) in [4.78, 5) is 29.8. The van der Waals surface area contributed by atoms with Crippen LogP contribution >= 0.6 is 0 Å². The lowest BCUT2D eigenvalue weighted by Crippen LogP contribution is -2.43. The Kier molecular flexibility index (Phi) is 12.3. The number of ether oxygens (including phenoxy) is 1. The van der Waals surface area contributed by atoms with E-state index in [1.807, 2.05) is 65.2 Å². The molecular formula is C27H41N3O3. The van der Waals surface area contributed by atoms with Crippen molar-refractivity contribution in [1.29, 1.82) is 0 Å². The molecule has 0 aliphatic carbocycles. The molecule has 1 heterocycles. The minimum atomic E-state index is -0.0487. The van der Waals surface area contributed by atoms with Gasteiger partial charge < -0.3 is 19.1 Å². The molecule has 33 heavy (non-hydrogen) atoms. The predicted molar refractivity (Wildman–Crippen MR) is 133 cm³/mol. The third-order valence-electron chi connectivity index (χ3n) is 5.96. The highest BCUT2D eigenvalue weighted by Gasteiger charge is 2.22. The zero-order valence-electron chi connectivity index (χ0n) is 20.7. The van der Waals surface area contributed by atoms with Crippen LogP contribution in [-0.2, 0) is 34.5 Å². The molecule has 0 fully saturated rings. The molecule has 0 N–H and O–H groups in total. The third kappa shape index (κ3) is 9.82. The van der Waals surface area contributed by atoms with Gasteiger partial charge in [0.1, 0.15) is 0 Å². The van der Waals surface area contributed by atoms with Gasteiger partial charge in [-0.3, -0.25) is 9.59 Å². The van der Waals surface area contributed by atoms with Gasteiger partial charge in [-0.05, 0) is 24.1 Å². The van der Waals surface area contributed by atoms with Crippen LogP contribution in [-0.4, -0.2) is 53.0 Å². The second-order valence-electron chi connectivity index (χ2n) is 8.67. The molecule has 2 rings (SSSR count). The molecule has 0 aliphatic heterocycles. The van der Waals surface area contributed by atoms with E-state index in [9.17, 15) is 9.59 Å². The van der Waals surface area contributed by atoms with E-state index in [0.29, 0.717) is 32.7 Å². The van der Waals surface area contributed by atoms with Crippen LogP contribution in [0, 0.1) is 0 Å². The average Bonchev–Trinajstić information content (AvgIpc) is 3.23. The minimum absolute atomic E-state index is 0.0365. The monoisotopic (exact) mass is 455 g/mol. The summed E-state index contributed by atoms with van der Waals surface area (Å²) in [5, 5.41) is 0. The number of nitrogens with zero attached hydrogens (tertiary/aromatic N) is 3. The summed E-state index contributed by atoms with van der Waals surface area (Å²) in [5.41, 5.74) is 2.13. The third-order valence-corrected chi connectivity index (χ3v) is 5.96. The van der Waals surface area contributed by atoms with Crippen molar-refractivity contribution in [3.63, 3.8) is 0 Å². The predicted octanol–water partition coefficient (Wildman–Crippen LogP) is 4.78. The summed E-state index contributed by atoms with van der Waals surface area (Å²) < 4.78 is 7.23. The molecule has 0 bridgehead atoms. The Labute approximate surface area is 199 Å². The first-order valence-corrected chi connectivity index (χ1v) is 12.2. The van der Waals surface area contributed by atoms with E-state index in [-0.39, 0.29) is 18.4 Å². The smallest absolute Gasteiger partial charge is 0.242 e. The molecule has 0 spiro atoms. The maximum Gasteiger partial charge on any atom is 0.242 e. The second kappa shape index (κ2) is 15.3. The van der Waals surface area contributed by atoms with Crippen molar-refractivity contribution in [3.05, 3.63) is 59.9 Å². The van der Waals surface area contributed by atoms with Crippen LogP contribution in [0.5, 0.6) is 0 Å². The van der Waals surface area contributed by atoms with Gasteiger partial charge in [-0.15, -0.1) is 0 Å². The van der Waals surface area contributed by atoms with E-state index in [1.165, 1.54) is 25.7 Å². The van der Waals surface area contributed by atoms with Crippen LogP contribution < -0.4 is 0 Å². The van der Waals surface area contributed by atoms with Crippen LogP contribution in [0.2, 0.25) is 0 Å². The summed E-state index contributed by atoms with van der Waals surface area (Å²) in [6.07, 6.45) is 9.26. The van der Waals surface area contributed by atoms with Gasteiger partial charge in [-0.25, -0.2) is 0 Å². The number of aromatic nitrogens is 1. The first-order valence-electron chi connectivity index (χ1n) is 12.2. The van der Waals surface area contributed by atoms with Crippen LogP contribution in [0.4, 0.5) is 0 Å². The quantitative estimate of drug-likeness (QED) is 0.342. The molecule has 0 atom stereocenters. The number of hydrogen-bond acceptors (Lipinski definition) is 3. The zero-order valence-corrected chi connectivity index (χ0v) is 20.7. The molecule has 6 nitrogen and oxygen atoms in total. The fraction of sp³-hybridized carbons (Fsp3) is 0.556. The maximum atomic E-state index is 13.4. The number of benzene rings is 1. The van der Waals surface area contributed by atoms with E-state index in [2.05, 4.69) is 6.92 Å². The first-order chi connectivity index (χ1) is 16.0. The van der Waals surface area contributed by atoms with Crippen molar-refractivity contribution >= 4 is 11.8 Å². The largest absolute Gasteiger partial charge is 0.383 e. The van der Waals surface area contributed by atoms with Crippen molar-refractivity contribution in [2.75, 3.05) is 26.8 Å². The highest BCUT2D eigenvalue weighted by atomic mass is 16.5. The van der Waals surface area contributed by atoms with Crippen LogP contribution in [0.25, 0.3) is 0 Å². The van der Waals surface area contributed by atoms with E-state index >= 15 is 0 Å². The molecule has 182 valence electrons. The number of unbranched alkanes of at least 4 members (excludes halogenated alkanes) is 5. The number of carbonyl (C=O) groups is 2. The molecular weight excluding hydrogens is 414 g/mol. The molecule has 0 unspecified atom stereocenters. The number of methoxy groups -OCH3 is 1. The summed E-state index contributed by atoms with van der Waals surface area (Å²) in [6, 6.07) is 14.0. The number of aryl methyl sites for hydroxylation is 1. The van der Waals surface area contributed by atoms with Crippen molar-refractivity contribution < 1.29 is 14.3 Å². The van der Waals surface area contributed by atoms with Gasteiger partial charge >= 0.3 is 0 Å². The van der Waals surface area contributed by atoms with E-state index in [4.69, 9.17) is 4.74 Å². The van der Waals surface area contributed by atoms with Crippen molar-refractivity contribution in [2.45, 2.75) is 65.0 Å². The Morgan fingerprint density at radius 2 is 1.61 bits per heavy atom. The lowest BCUT2D eigenvalue weighted by Gasteiger charge is -2.28. The Bertz CT molecular complexity index is 819. The van der Waals surface area contributed by atoms with Crippen molar-refractivity contribution in [1.82, 2.24) is 14.4 Å². The highest BCUT2D eigenvalue weighted by molar-refractivity contribution is 5.84. The number of hydrogen-bond donors (Lipinski definition) is 0. The normalized spacial score (nSPS) is 10.9. The average molecular weight is 456 g/mol. The second-order valence-corrected chi connectivity index (χ2v) is 8.67. The molecule has 2 aromatic rings. The number of rotatable bonds is 16. The topological polar surface area (TPSA) is 54.8 Å². The minimum Gasteiger partial charge on any atom is -0.383 e. The summed E-state index contributed by atoms with van der Waals surface area (Å²) in [5.74, 6) is -0.0122. The van der Waals surface area contributed by atoms with Crippen LogP contribution in [0.3, 0.4) is 0 Å². The molecule has 0 saturated carbocycles. The van der Waals surface area contributed by atoms with Crippen molar-refractivity contribution in [3.8, 4) is 0 Å². The summed E-state index contributed by atoms with van der Waals surface area (Å²) >= 11 is 0. The molecule has 1 aromatic carbocycles. The molecule has 0 saturated heterocycles. The van der Waals surface area contributed by atoms with Gasteiger partial charge in [-0.1, -0.05) is 69.4 Å². The molecule has 0 radical (unpaired) electrons. The molecule has 6 heteroatoms. The maximum absolute atomic E-state index is 13.4. The first kappa shape index (κ1) is 26.7. The fourth-order valence-corrected chi connectivity index (χ4v) is 3.86. The number of amides is 2. The fourth-order valence-electron chi connectivity index (χ4n) is 3.86. The SMILES string of the molecule is CCCCCCCCC(=O)N(CCOC)CC(=O)N(Cc1ccccc1)Cc1cccn1C. The summed E-state index contributed by atoms with van der Waals surface area (Å²) in [7, 11) is 3.60. The Hall–Kier alpha value is -2.60. The zero-order chi connectivity index (χ0) is 23.9. The Morgan fingerprint density at radius 1 is 0.879 bits per heavy atom.